The van der Waals surface area contributed by atoms with Crippen molar-refractivity contribution in [3.63, 3.8) is 0 Å². The van der Waals surface area contributed by atoms with E-state index >= 15 is 0 Å². The average Bonchev–Trinajstić information content (AvgIpc) is 2.92. The molecule has 2 nitrogen and oxygen atoms in total. The SMILES string of the molecule is C[C@H](c1ccccc1)N1CC[C@@H](Cc2c(Cl)cccc2Cl)C1=O. The summed E-state index contributed by atoms with van der Waals surface area (Å²) in [7, 11) is 0. The first-order chi connectivity index (χ1) is 11.1. The van der Waals surface area contributed by atoms with Crippen LogP contribution < -0.4 is 0 Å². The van der Waals surface area contributed by atoms with Gasteiger partial charge in [0, 0.05) is 22.5 Å². The number of rotatable bonds is 4. The van der Waals surface area contributed by atoms with Gasteiger partial charge in [-0.25, -0.2) is 0 Å². The van der Waals surface area contributed by atoms with Crippen molar-refractivity contribution in [2.45, 2.75) is 25.8 Å². The maximum absolute atomic E-state index is 12.8. The molecule has 0 radical (unpaired) electrons. The van der Waals surface area contributed by atoms with Crippen LogP contribution in [0.15, 0.2) is 48.5 Å². The van der Waals surface area contributed by atoms with Crippen LogP contribution in [0.1, 0.15) is 30.5 Å². The zero-order chi connectivity index (χ0) is 16.4. The first kappa shape index (κ1) is 16.4. The van der Waals surface area contributed by atoms with E-state index in [0.29, 0.717) is 16.5 Å². The average molecular weight is 348 g/mol. The smallest absolute Gasteiger partial charge is 0.226 e. The van der Waals surface area contributed by atoms with Crippen LogP contribution >= 0.6 is 23.2 Å². The summed E-state index contributed by atoms with van der Waals surface area (Å²) in [6.45, 7) is 2.86. The molecule has 1 saturated heterocycles. The molecule has 120 valence electrons. The standard InChI is InChI=1S/C19H19Cl2NO/c1-13(14-6-3-2-4-7-14)22-11-10-15(19(22)23)12-16-17(20)8-5-9-18(16)21/h2-9,13,15H,10-12H2,1H3/t13-,15+/m1/s1. The number of benzene rings is 2. The normalized spacial score (nSPS) is 19.2. The fraction of sp³-hybridized carbons (Fsp3) is 0.316. The Morgan fingerprint density at radius 1 is 1.09 bits per heavy atom. The molecule has 0 spiro atoms. The molecule has 0 aliphatic carbocycles. The van der Waals surface area contributed by atoms with Gasteiger partial charge in [-0.3, -0.25) is 4.79 Å². The van der Waals surface area contributed by atoms with Crippen LogP contribution in [0.2, 0.25) is 10.0 Å². The summed E-state index contributed by atoms with van der Waals surface area (Å²) >= 11 is 12.5. The van der Waals surface area contributed by atoms with Crippen molar-refractivity contribution in [3.05, 3.63) is 69.7 Å². The van der Waals surface area contributed by atoms with Crippen LogP contribution in [-0.4, -0.2) is 17.4 Å². The molecular formula is C19H19Cl2NO. The quantitative estimate of drug-likeness (QED) is 0.749. The van der Waals surface area contributed by atoms with E-state index in [1.807, 2.05) is 41.3 Å². The highest BCUT2D eigenvalue weighted by molar-refractivity contribution is 6.36. The molecule has 0 unspecified atom stereocenters. The maximum Gasteiger partial charge on any atom is 0.226 e. The molecule has 0 saturated carbocycles. The second-order valence-electron chi connectivity index (χ2n) is 6.01. The van der Waals surface area contributed by atoms with Gasteiger partial charge in [-0.05, 0) is 43.0 Å². The lowest BCUT2D eigenvalue weighted by molar-refractivity contribution is -0.132. The third kappa shape index (κ3) is 3.39. The highest BCUT2D eigenvalue weighted by Gasteiger charge is 2.35. The fourth-order valence-electron chi connectivity index (χ4n) is 3.22. The van der Waals surface area contributed by atoms with Gasteiger partial charge in [-0.1, -0.05) is 59.6 Å². The Balaban J connectivity index is 1.74. The second kappa shape index (κ2) is 6.94. The van der Waals surface area contributed by atoms with Gasteiger partial charge in [0.1, 0.15) is 0 Å². The second-order valence-corrected chi connectivity index (χ2v) is 6.82. The lowest BCUT2D eigenvalue weighted by atomic mass is 9.98. The number of nitrogens with zero attached hydrogens (tertiary/aromatic N) is 1. The molecule has 1 aliphatic rings. The highest BCUT2D eigenvalue weighted by atomic mass is 35.5. The topological polar surface area (TPSA) is 20.3 Å². The summed E-state index contributed by atoms with van der Waals surface area (Å²) in [4.78, 5) is 14.8. The molecule has 0 bridgehead atoms. The Labute approximate surface area is 147 Å². The van der Waals surface area contributed by atoms with Crippen molar-refractivity contribution in [1.82, 2.24) is 4.90 Å². The molecule has 23 heavy (non-hydrogen) atoms. The van der Waals surface area contributed by atoms with Crippen LogP contribution in [-0.2, 0) is 11.2 Å². The molecule has 3 rings (SSSR count). The number of hydrogen-bond donors (Lipinski definition) is 0. The number of carbonyl (C=O) groups is 1. The first-order valence-corrected chi connectivity index (χ1v) is 8.62. The summed E-state index contributed by atoms with van der Waals surface area (Å²) in [6, 6.07) is 15.7. The minimum Gasteiger partial charge on any atom is -0.336 e. The molecule has 1 fully saturated rings. The summed E-state index contributed by atoms with van der Waals surface area (Å²) in [6.07, 6.45) is 1.45. The number of halogens is 2. The fourth-order valence-corrected chi connectivity index (χ4v) is 3.77. The molecule has 1 amide bonds. The van der Waals surface area contributed by atoms with E-state index in [2.05, 4.69) is 19.1 Å². The third-order valence-electron chi connectivity index (χ3n) is 4.61. The minimum absolute atomic E-state index is 0.0430. The van der Waals surface area contributed by atoms with Gasteiger partial charge in [-0.15, -0.1) is 0 Å². The van der Waals surface area contributed by atoms with Crippen molar-refractivity contribution in [1.29, 1.82) is 0 Å². The predicted molar refractivity (Wildman–Crippen MR) is 94.8 cm³/mol. The van der Waals surface area contributed by atoms with Crippen molar-refractivity contribution in [2.75, 3.05) is 6.54 Å². The number of hydrogen-bond acceptors (Lipinski definition) is 1. The van der Waals surface area contributed by atoms with Crippen molar-refractivity contribution < 1.29 is 4.79 Å². The monoisotopic (exact) mass is 347 g/mol. The Hall–Kier alpha value is -1.51. The molecule has 0 N–H and O–H groups in total. The van der Waals surface area contributed by atoms with Crippen LogP contribution in [0, 0.1) is 5.92 Å². The third-order valence-corrected chi connectivity index (χ3v) is 5.32. The largest absolute Gasteiger partial charge is 0.336 e. The van der Waals surface area contributed by atoms with Crippen LogP contribution in [0.25, 0.3) is 0 Å². The van der Waals surface area contributed by atoms with E-state index in [0.717, 1.165) is 24.1 Å². The Bertz CT molecular complexity index is 682. The van der Waals surface area contributed by atoms with Crippen molar-refractivity contribution in [3.8, 4) is 0 Å². The lowest BCUT2D eigenvalue weighted by Gasteiger charge is -2.25. The zero-order valence-corrected chi connectivity index (χ0v) is 14.5. The van der Waals surface area contributed by atoms with Gasteiger partial charge in [0.05, 0.1) is 6.04 Å². The zero-order valence-electron chi connectivity index (χ0n) is 13.0. The summed E-state index contributed by atoms with van der Waals surface area (Å²) in [5.74, 6) is 0.149. The van der Waals surface area contributed by atoms with Crippen LogP contribution in [0.3, 0.4) is 0 Å². The molecule has 2 aromatic rings. The Morgan fingerprint density at radius 2 is 1.74 bits per heavy atom. The summed E-state index contributed by atoms with van der Waals surface area (Å²) < 4.78 is 0. The molecule has 2 aromatic carbocycles. The molecule has 0 aromatic heterocycles. The van der Waals surface area contributed by atoms with E-state index in [1.54, 1.807) is 0 Å². The predicted octanol–water partition coefficient (Wildman–Crippen LogP) is 5.15. The van der Waals surface area contributed by atoms with Gasteiger partial charge in [-0.2, -0.15) is 0 Å². The molecular weight excluding hydrogens is 329 g/mol. The van der Waals surface area contributed by atoms with Gasteiger partial charge < -0.3 is 4.90 Å². The Kier molecular flexibility index (Phi) is 4.93. The van der Waals surface area contributed by atoms with Crippen molar-refractivity contribution in [2.24, 2.45) is 5.92 Å². The van der Waals surface area contributed by atoms with Gasteiger partial charge in [0.2, 0.25) is 5.91 Å². The Morgan fingerprint density at radius 3 is 2.39 bits per heavy atom. The minimum atomic E-state index is -0.0430. The van der Waals surface area contributed by atoms with Crippen LogP contribution in [0.4, 0.5) is 0 Å². The van der Waals surface area contributed by atoms with Crippen LogP contribution in [0.5, 0.6) is 0 Å². The van der Waals surface area contributed by atoms with Gasteiger partial charge >= 0.3 is 0 Å². The summed E-state index contributed by atoms with van der Waals surface area (Å²) in [5, 5.41) is 1.28. The van der Waals surface area contributed by atoms with E-state index in [9.17, 15) is 4.79 Å². The van der Waals surface area contributed by atoms with E-state index in [-0.39, 0.29) is 17.9 Å². The maximum atomic E-state index is 12.8. The number of carbonyl (C=O) groups excluding carboxylic acids is 1. The number of likely N-dealkylation sites (tertiary alicyclic amines) is 1. The molecule has 4 heteroatoms. The summed E-state index contributed by atoms with van der Waals surface area (Å²) in [5.41, 5.74) is 2.04. The highest BCUT2D eigenvalue weighted by Crippen LogP contribution is 2.33. The first-order valence-electron chi connectivity index (χ1n) is 7.86. The van der Waals surface area contributed by atoms with Gasteiger partial charge in [0.25, 0.3) is 0 Å². The van der Waals surface area contributed by atoms with E-state index in [4.69, 9.17) is 23.2 Å². The number of amides is 1. The van der Waals surface area contributed by atoms with E-state index < -0.39 is 0 Å². The van der Waals surface area contributed by atoms with Crippen molar-refractivity contribution >= 4 is 29.1 Å². The molecule has 2 atom stereocenters. The lowest BCUT2D eigenvalue weighted by Crippen LogP contribution is -2.30. The molecule has 1 aliphatic heterocycles. The van der Waals surface area contributed by atoms with E-state index in [1.165, 1.54) is 0 Å². The molecule has 1 heterocycles. The van der Waals surface area contributed by atoms with Gasteiger partial charge in [0.15, 0.2) is 0 Å².